The molecule has 0 aliphatic rings. The number of aryl methyl sites for hydroxylation is 2. The van der Waals surface area contributed by atoms with Crippen molar-refractivity contribution in [2.75, 3.05) is 6.54 Å². The molecule has 6 heteroatoms. The molecule has 0 bridgehead atoms. The number of phenolic OH excluding ortho intramolecular Hbond substituents is 1. The molecule has 0 spiro atoms. The van der Waals surface area contributed by atoms with Gasteiger partial charge in [0.2, 0.25) is 5.91 Å². The van der Waals surface area contributed by atoms with Gasteiger partial charge in [0.05, 0.1) is 11.6 Å². The molecule has 6 N–H and O–H groups in total. The van der Waals surface area contributed by atoms with Crippen LogP contribution in [-0.4, -0.2) is 35.4 Å². The van der Waals surface area contributed by atoms with E-state index in [2.05, 4.69) is 5.32 Å². The average molecular weight is 335 g/mol. The van der Waals surface area contributed by atoms with E-state index < -0.39 is 11.6 Å². The van der Waals surface area contributed by atoms with Crippen LogP contribution in [0.4, 0.5) is 0 Å². The smallest absolute Gasteiger partial charge is 0.237 e. The van der Waals surface area contributed by atoms with Crippen LogP contribution in [-0.2, 0) is 16.0 Å². The summed E-state index contributed by atoms with van der Waals surface area (Å²) in [5.74, 6) is -0.152. The summed E-state index contributed by atoms with van der Waals surface area (Å²) in [6, 6.07) is 2.63. The summed E-state index contributed by atoms with van der Waals surface area (Å²) in [6.07, 6.45) is 2.74. The second-order valence-corrected chi connectivity index (χ2v) is 6.39. The minimum absolute atomic E-state index is 0.190. The molecule has 1 amide bonds. The standard InChI is InChI=1S/C18H29N3O3/c1-4-18(11-22,21-17(24)16(20)6-5-7-19)10-15-12(2)8-14(23)9-13(15)3/h8-9,11,16,23H,4-7,10,19-20H2,1-3H3,(H,21,24)/t16-,18+/m1/s1. The van der Waals surface area contributed by atoms with Gasteiger partial charge in [-0.05, 0) is 68.5 Å². The van der Waals surface area contributed by atoms with Crippen LogP contribution in [0, 0.1) is 13.8 Å². The number of nitrogens with two attached hydrogens (primary N) is 2. The highest BCUT2D eigenvalue weighted by atomic mass is 16.3. The minimum atomic E-state index is -1.01. The van der Waals surface area contributed by atoms with Gasteiger partial charge >= 0.3 is 0 Å². The van der Waals surface area contributed by atoms with E-state index in [0.29, 0.717) is 32.2 Å². The quantitative estimate of drug-likeness (QED) is 0.504. The van der Waals surface area contributed by atoms with Crippen LogP contribution in [0.1, 0.15) is 42.9 Å². The molecule has 0 aliphatic carbocycles. The molecule has 1 aromatic carbocycles. The maximum absolute atomic E-state index is 12.3. The number of phenols is 1. The van der Waals surface area contributed by atoms with Crippen molar-refractivity contribution in [3.8, 4) is 5.75 Å². The molecule has 0 saturated carbocycles. The molecular weight excluding hydrogens is 306 g/mol. The van der Waals surface area contributed by atoms with E-state index in [1.54, 1.807) is 12.1 Å². The maximum Gasteiger partial charge on any atom is 0.237 e. The summed E-state index contributed by atoms with van der Waals surface area (Å²) in [4.78, 5) is 24.1. The van der Waals surface area contributed by atoms with Gasteiger partial charge < -0.3 is 26.7 Å². The van der Waals surface area contributed by atoms with Crippen molar-refractivity contribution in [2.24, 2.45) is 11.5 Å². The Kier molecular flexibility index (Phi) is 7.38. The predicted octanol–water partition coefficient (Wildman–Crippen LogP) is 1.08. The molecule has 1 rings (SSSR count). The van der Waals surface area contributed by atoms with Crippen molar-refractivity contribution in [1.82, 2.24) is 5.32 Å². The summed E-state index contributed by atoms with van der Waals surface area (Å²) in [6.45, 7) is 6.08. The van der Waals surface area contributed by atoms with Crippen LogP contribution in [0.2, 0.25) is 0 Å². The summed E-state index contributed by atoms with van der Waals surface area (Å²) < 4.78 is 0. The van der Waals surface area contributed by atoms with Gasteiger partial charge in [-0.1, -0.05) is 6.92 Å². The summed E-state index contributed by atoms with van der Waals surface area (Å²) >= 11 is 0. The number of aldehydes is 1. The fraction of sp³-hybridized carbons (Fsp3) is 0.556. The largest absolute Gasteiger partial charge is 0.508 e. The van der Waals surface area contributed by atoms with E-state index in [1.807, 2.05) is 20.8 Å². The van der Waals surface area contributed by atoms with Gasteiger partial charge in [-0.25, -0.2) is 0 Å². The molecular formula is C18H29N3O3. The van der Waals surface area contributed by atoms with Crippen molar-refractivity contribution in [1.29, 1.82) is 0 Å². The van der Waals surface area contributed by atoms with Gasteiger partial charge in [0.15, 0.2) is 0 Å². The lowest BCUT2D eigenvalue weighted by atomic mass is 9.85. The number of amides is 1. The van der Waals surface area contributed by atoms with Crippen molar-refractivity contribution >= 4 is 12.2 Å². The molecule has 6 nitrogen and oxygen atoms in total. The SMILES string of the molecule is CC[C@@](C=O)(Cc1c(C)cc(O)cc1C)NC(=O)[C@H](N)CCCN. The molecule has 1 aromatic rings. The highest BCUT2D eigenvalue weighted by Gasteiger charge is 2.32. The van der Waals surface area contributed by atoms with Crippen LogP contribution in [0.3, 0.4) is 0 Å². The fourth-order valence-corrected chi connectivity index (χ4v) is 2.78. The van der Waals surface area contributed by atoms with Crippen LogP contribution in [0.5, 0.6) is 5.75 Å². The molecule has 0 heterocycles. The predicted molar refractivity (Wildman–Crippen MR) is 94.8 cm³/mol. The van der Waals surface area contributed by atoms with E-state index in [1.165, 1.54) is 0 Å². The minimum Gasteiger partial charge on any atom is -0.508 e. The van der Waals surface area contributed by atoms with Gasteiger partial charge in [-0.3, -0.25) is 4.79 Å². The van der Waals surface area contributed by atoms with Gasteiger partial charge in [-0.2, -0.15) is 0 Å². The zero-order chi connectivity index (χ0) is 18.3. The van der Waals surface area contributed by atoms with Gasteiger partial charge in [0.1, 0.15) is 12.0 Å². The van der Waals surface area contributed by atoms with Gasteiger partial charge in [0, 0.05) is 6.42 Å². The summed E-state index contributed by atoms with van der Waals surface area (Å²) in [7, 11) is 0. The number of benzene rings is 1. The third kappa shape index (κ3) is 5.04. The zero-order valence-electron chi connectivity index (χ0n) is 14.8. The van der Waals surface area contributed by atoms with Crippen LogP contribution >= 0.6 is 0 Å². The Balaban J connectivity index is 3.01. The van der Waals surface area contributed by atoms with Crippen LogP contribution in [0.25, 0.3) is 0 Å². The Labute approximate surface area is 143 Å². The third-order valence-corrected chi connectivity index (χ3v) is 4.46. The summed E-state index contributed by atoms with van der Waals surface area (Å²) in [5.41, 5.74) is 13.0. The monoisotopic (exact) mass is 335 g/mol. The lowest BCUT2D eigenvalue weighted by Gasteiger charge is -2.31. The second kappa shape index (κ2) is 8.80. The molecule has 2 atom stereocenters. The third-order valence-electron chi connectivity index (χ3n) is 4.46. The molecule has 0 unspecified atom stereocenters. The highest BCUT2D eigenvalue weighted by molar-refractivity contribution is 5.86. The van der Waals surface area contributed by atoms with Crippen LogP contribution < -0.4 is 16.8 Å². The molecule has 134 valence electrons. The van der Waals surface area contributed by atoms with Crippen LogP contribution in [0.15, 0.2) is 12.1 Å². The van der Waals surface area contributed by atoms with E-state index >= 15 is 0 Å². The maximum atomic E-state index is 12.3. The van der Waals surface area contributed by atoms with Crippen molar-refractivity contribution in [2.45, 2.75) is 58.0 Å². The van der Waals surface area contributed by atoms with Crippen molar-refractivity contribution in [3.05, 3.63) is 28.8 Å². The number of rotatable bonds is 9. The number of carbonyl (C=O) groups excluding carboxylic acids is 2. The molecule has 0 aromatic heterocycles. The first kappa shape index (κ1) is 20.1. The topological polar surface area (TPSA) is 118 Å². The lowest BCUT2D eigenvalue weighted by Crippen LogP contribution is -2.56. The number of carbonyl (C=O) groups is 2. The second-order valence-electron chi connectivity index (χ2n) is 6.39. The molecule has 0 saturated heterocycles. The Morgan fingerprint density at radius 3 is 2.42 bits per heavy atom. The molecule has 24 heavy (non-hydrogen) atoms. The first-order valence-corrected chi connectivity index (χ1v) is 8.31. The number of hydrogen-bond acceptors (Lipinski definition) is 5. The lowest BCUT2D eigenvalue weighted by molar-refractivity contribution is -0.128. The van der Waals surface area contributed by atoms with Crippen molar-refractivity contribution < 1.29 is 14.7 Å². The number of nitrogens with one attached hydrogen (secondary N) is 1. The Morgan fingerprint density at radius 2 is 1.96 bits per heavy atom. The van der Waals surface area contributed by atoms with E-state index in [9.17, 15) is 14.7 Å². The first-order valence-electron chi connectivity index (χ1n) is 8.31. The Morgan fingerprint density at radius 1 is 1.38 bits per heavy atom. The van der Waals surface area contributed by atoms with E-state index in [-0.39, 0.29) is 11.7 Å². The van der Waals surface area contributed by atoms with Gasteiger partial charge in [-0.15, -0.1) is 0 Å². The highest BCUT2D eigenvalue weighted by Crippen LogP contribution is 2.25. The zero-order valence-corrected chi connectivity index (χ0v) is 14.8. The molecule has 0 fully saturated rings. The fourth-order valence-electron chi connectivity index (χ4n) is 2.78. The van der Waals surface area contributed by atoms with E-state index in [0.717, 1.165) is 23.0 Å². The Hall–Kier alpha value is -1.92. The van der Waals surface area contributed by atoms with Gasteiger partial charge in [0.25, 0.3) is 0 Å². The molecule has 0 radical (unpaired) electrons. The normalized spacial score (nSPS) is 14.7. The van der Waals surface area contributed by atoms with E-state index in [4.69, 9.17) is 11.5 Å². The molecule has 0 aliphatic heterocycles. The Bertz CT molecular complexity index is 566. The summed E-state index contributed by atoms with van der Waals surface area (Å²) in [5, 5.41) is 12.5. The number of aromatic hydroxyl groups is 1. The first-order chi connectivity index (χ1) is 11.3. The average Bonchev–Trinajstić information content (AvgIpc) is 2.54. The number of hydrogen-bond donors (Lipinski definition) is 4. The van der Waals surface area contributed by atoms with Crippen molar-refractivity contribution in [3.63, 3.8) is 0 Å².